The van der Waals surface area contributed by atoms with Gasteiger partial charge in [-0.3, -0.25) is 14.4 Å². The van der Waals surface area contributed by atoms with Gasteiger partial charge >= 0.3 is 0 Å². The first kappa shape index (κ1) is 24.3. The molecule has 1 amide bonds. The molecule has 3 aliphatic rings. The number of anilines is 2. The highest BCUT2D eigenvalue weighted by molar-refractivity contribution is 6.17. The minimum Gasteiger partial charge on any atom is -0.352 e. The van der Waals surface area contributed by atoms with Gasteiger partial charge in [-0.25, -0.2) is 4.39 Å². The summed E-state index contributed by atoms with van der Waals surface area (Å²) in [6.07, 6.45) is 3.90. The third-order valence-electron chi connectivity index (χ3n) is 8.22. The van der Waals surface area contributed by atoms with Crippen LogP contribution in [0.15, 0.2) is 72.8 Å². The summed E-state index contributed by atoms with van der Waals surface area (Å²) in [7, 11) is 0. The summed E-state index contributed by atoms with van der Waals surface area (Å²) in [4.78, 5) is 45.0. The van der Waals surface area contributed by atoms with E-state index in [9.17, 15) is 14.4 Å². The molecule has 0 radical (unpaired) electrons. The molecule has 0 aliphatic carbocycles. The third kappa shape index (κ3) is 3.19. The van der Waals surface area contributed by atoms with Crippen molar-refractivity contribution in [3.8, 4) is 0 Å². The predicted molar refractivity (Wildman–Crippen MR) is 146 cm³/mol. The van der Waals surface area contributed by atoms with Crippen LogP contribution in [-0.2, 0) is 15.0 Å². The van der Waals surface area contributed by atoms with Crippen molar-refractivity contribution in [3.05, 3.63) is 101 Å². The number of halogens is 1. The zero-order valence-corrected chi connectivity index (χ0v) is 21.8. The first-order valence-electron chi connectivity index (χ1n) is 12.9. The molecule has 192 valence electrons. The van der Waals surface area contributed by atoms with Crippen LogP contribution in [0.5, 0.6) is 0 Å². The van der Waals surface area contributed by atoms with Crippen molar-refractivity contribution in [2.75, 3.05) is 10.2 Å². The molecule has 3 aromatic carbocycles. The van der Waals surface area contributed by atoms with Gasteiger partial charge in [0.1, 0.15) is 17.3 Å². The predicted octanol–water partition coefficient (Wildman–Crippen LogP) is 5.72. The summed E-state index contributed by atoms with van der Waals surface area (Å²) in [5, 5.41) is 2.99. The molecule has 0 saturated carbocycles. The highest BCUT2D eigenvalue weighted by Gasteiger charge is 2.70. The number of carbonyl (C=O) groups is 3. The van der Waals surface area contributed by atoms with E-state index in [2.05, 4.69) is 5.32 Å². The lowest BCUT2D eigenvalue weighted by Gasteiger charge is -2.38. The zero-order chi connectivity index (χ0) is 27.0. The second kappa shape index (κ2) is 8.22. The van der Waals surface area contributed by atoms with Crippen molar-refractivity contribution in [2.45, 2.75) is 45.2 Å². The Hall–Kier alpha value is -4.06. The van der Waals surface area contributed by atoms with E-state index in [0.717, 1.165) is 16.8 Å². The molecule has 5 nitrogen and oxygen atoms in total. The minimum absolute atomic E-state index is 0.117. The smallest absolute Gasteiger partial charge is 0.238 e. The second-order valence-corrected chi connectivity index (χ2v) is 11.5. The molecule has 1 fully saturated rings. The van der Waals surface area contributed by atoms with E-state index in [1.54, 1.807) is 12.1 Å². The highest BCUT2D eigenvalue weighted by Crippen LogP contribution is 2.58. The Morgan fingerprint density at radius 1 is 1.00 bits per heavy atom. The molecule has 6 rings (SSSR count). The number of benzene rings is 3. The van der Waals surface area contributed by atoms with Gasteiger partial charge in [0.25, 0.3) is 0 Å². The van der Waals surface area contributed by atoms with Crippen LogP contribution in [0.2, 0.25) is 0 Å². The van der Waals surface area contributed by atoms with Gasteiger partial charge < -0.3 is 10.2 Å². The Kier molecular flexibility index (Phi) is 5.25. The lowest BCUT2D eigenvalue weighted by molar-refractivity contribution is -0.128. The number of ketones is 2. The van der Waals surface area contributed by atoms with E-state index in [1.807, 2.05) is 81.1 Å². The maximum atomic E-state index is 15.1. The minimum atomic E-state index is -1.43. The molecule has 1 N–H and O–H groups in total. The molecule has 38 heavy (non-hydrogen) atoms. The van der Waals surface area contributed by atoms with Crippen molar-refractivity contribution in [2.24, 2.45) is 11.3 Å². The summed E-state index contributed by atoms with van der Waals surface area (Å²) >= 11 is 0. The van der Waals surface area contributed by atoms with E-state index in [-0.39, 0.29) is 17.3 Å². The lowest BCUT2D eigenvalue weighted by atomic mass is 9.63. The van der Waals surface area contributed by atoms with Crippen LogP contribution in [0.1, 0.15) is 47.8 Å². The van der Waals surface area contributed by atoms with Crippen molar-refractivity contribution in [1.29, 1.82) is 0 Å². The Morgan fingerprint density at radius 2 is 1.71 bits per heavy atom. The molecule has 1 saturated heterocycles. The van der Waals surface area contributed by atoms with E-state index >= 15 is 4.39 Å². The summed E-state index contributed by atoms with van der Waals surface area (Å²) in [5.74, 6) is -2.90. The Balaban J connectivity index is 1.70. The molecule has 3 aromatic rings. The van der Waals surface area contributed by atoms with Gasteiger partial charge in [0.05, 0.1) is 17.5 Å². The fraction of sp³-hybridized carbons (Fsp3) is 0.281. The number of amides is 1. The van der Waals surface area contributed by atoms with Crippen LogP contribution in [0.4, 0.5) is 15.8 Å². The standard InChI is InChI=1S/C32H29FN2O3/c1-18-13-15-24-19(17-18)14-16-25-32(21-10-6-8-12-23(21)34-30(32)38)26(27(35(24)25)29(37)31(2,3)4)28(36)20-9-5-7-11-22(20)33/h5-17,25-27H,1-4H3,(H,34,38)/t25-,26-,27-,32+/m0/s1. The van der Waals surface area contributed by atoms with Crippen molar-refractivity contribution in [3.63, 3.8) is 0 Å². The Morgan fingerprint density at radius 3 is 2.45 bits per heavy atom. The van der Waals surface area contributed by atoms with E-state index in [1.165, 1.54) is 18.2 Å². The summed E-state index contributed by atoms with van der Waals surface area (Å²) in [6, 6.07) is 17.4. The first-order valence-corrected chi connectivity index (χ1v) is 12.9. The molecule has 0 aromatic heterocycles. The number of Topliss-reactive ketones (excluding diaryl/α,β-unsaturated/α-hetero) is 2. The average Bonchev–Trinajstić information content (AvgIpc) is 3.35. The topological polar surface area (TPSA) is 66.5 Å². The number of aryl methyl sites for hydroxylation is 1. The number of nitrogens with zero attached hydrogens (tertiary/aromatic N) is 1. The summed E-state index contributed by atoms with van der Waals surface area (Å²) in [6.45, 7) is 7.45. The number of nitrogens with one attached hydrogen (secondary N) is 1. The maximum absolute atomic E-state index is 15.1. The van der Waals surface area contributed by atoms with Crippen molar-refractivity contribution < 1.29 is 18.8 Å². The molecule has 1 spiro atoms. The highest BCUT2D eigenvalue weighted by atomic mass is 19.1. The van der Waals surface area contributed by atoms with Gasteiger partial charge in [-0.2, -0.15) is 0 Å². The third-order valence-corrected chi connectivity index (χ3v) is 8.22. The van der Waals surface area contributed by atoms with E-state index in [4.69, 9.17) is 0 Å². The molecule has 3 heterocycles. The number of hydrogen-bond acceptors (Lipinski definition) is 4. The van der Waals surface area contributed by atoms with Crippen molar-refractivity contribution in [1.82, 2.24) is 0 Å². The molecule has 6 heteroatoms. The molecular weight excluding hydrogens is 479 g/mol. The molecule has 3 aliphatic heterocycles. The van der Waals surface area contributed by atoms with Crippen LogP contribution >= 0.6 is 0 Å². The van der Waals surface area contributed by atoms with Gasteiger partial charge in [0, 0.05) is 16.8 Å². The van der Waals surface area contributed by atoms with Gasteiger partial charge in [-0.15, -0.1) is 0 Å². The second-order valence-electron chi connectivity index (χ2n) is 11.5. The normalized spacial score (nSPS) is 25.1. The number of rotatable bonds is 3. The van der Waals surface area contributed by atoms with Gasteiger partial charge in [-0.05, 0) is 48.4 Å². The summed E-state index contributed by atoms with van der Waals surface area (Å²) < 4.78 is 15.1. The van der Waals surface area contributed by atoms with Crippen LogP contribution in [0.25, 0.3) is 6.08 Å². The molecule has 4 atom stereocenters. The zero-order valence-electron chi connectivity index (χ0n) is 21.8. The number of fused-ring (bicyclic) bond motifs is 6. The quantitative estimate of drug-likeness (QED) is 0.460. The van der Waals surface area contributed by atoms with Crippen LogP contribution in [0.3, 0.4) is 0 Å². The fourth-order valence-electron chi connectivity index (χ4n) is 6.57. The monoisotopic (exact) mass is 508 g/mol. The molecular formula is C32H29FN2O3. The Bertz CT molecular complexity index is 1550. The maximum Gasteiger partial charge on any atom is 0.238 e. The van der Waals surface area contributed by atoms with E-state index in [0.29, 0.717) is 11.3 Å². The average molecular weight is 509 g/mol. The SMILES string of the molecule is Cc1ccc2c(c1)C=C[C@@H]1N2[C@H](C(=O)C(C)(C)C)[C@@H](C(=O)c2ccccc2F)[C@]12C(=O)Nc1ccccc12. The Labute approximate surface area is 221 Å². The molecule has 0 bridgehead atoms. The van der Waals surface area contributed by atoms with Crippen molar-refractivity contribution >= 4 is 34.9 Å². The van der Waals surface area contributed by atoms with Crippen LogP contribution in [0, 0.1) is 24.1 Å². The number of carbonyl (C=O) groups excluding carboxylic acids is 3. The van der Waals surface area contributed by atoms with Gasteiger partial charge in [0.15, 0.2) is 11.6 Å². The number of hydrogen-bond donors (Lipinski definition) is 1. The van der Waals surface area contributed by atoms with E-state index < -0.39 is 40.4 Å². The first-order chi connectivity index (χ1) is 18.1. The lowest BCUT2D eigenvalue weighted by Crippen LogP contribution is -2.51. The van der Waals surface area contributed by atoms with Gasteiger partial charge in [-0.1, -0.05) is 74.9 Å². The van der Waals surface area contributed by atoms with Crippen LogP contribution < -0.4 is 10.2 Å². The van der Waals surface area contributed by atoms with Gasteiger partial charge in [0.2, 0.25) is 5.91 Å². The number of para-hydroxylation sites is 1. The van der Waals surface area contributed by atoms with Crippen LogP contribution in [-0.4, -0.2) is 29.6 Å². The summed E-state index contributed by atoms with van der Waals surface area (Å²) in [5.41, 5.74) is 1.64. The molecule has 0 unspecified atom stereocenters. The fourth-order valence-corrected chi connectivity index (χ4v) is 6.57. The largest absolute Gasteiger partial charge is 0.352 e.